The molecule has 0 amide bonds. The predicted molar refractivity (Wildman–Crippen MR) is 78.3 cm³/mol. The van der Waals surface area contributed by atoms with Crippen molar-refractivity contribution in [1.29, 1.82) is 0 Å². The van der Waals surface area contributed by atoms with E-state index in [4.69, 9.17) is 0 Å². The van der Waals surface area contributed by atoms with Gasteiger partial charge in [-0.05, 0) is 48.6 Å². The molecule has 0 spiro atoms. The second-order valence-corrected chi connectivity index (χ2v) is 6.88. The topological polar surface area (TPSA) is 12.0 Å². The first kappa shape index (κ1) is 16.3. The summed E-state index contributed by atoms with van der Waals surface area (Å²) in [6.45, 7) is 13.9. The summed E-state index contributed by atoms with van der Waals surface area (Å²) in [5.74, 6) is 3.35. The number of hydrogen-bond donors (Lipinski definition) is 1. The van der Waals surface area contributed by atoms with Gasteiger partial charge in [0.05, 0.1) is 0 Å². The summed E-state index contributed by atoms with van der Waals surface area (Å²) in [7, 11) is 0. The third-order valence-corrected chi connectivity index (χ3v) is 4.22. The molecular formula is C14H31NS. The van der Waals surface area contributed by atoms with E-state index in [1.54, 1.807) is 0 Å². The van der Waals surface area contributed by atoms with Crippen molar-refractivity contribution < 1.29 is 0 Å². The first-order chi connectivity index (χ1) is 7.54. The minimum absolute atomic E-state index is 0.503. The van der Waals surface area contributed by atoms with Gasteiger partial charge in [-0.3, -0.25) is 0 Å². The van der Waals surface area contributed by atoms with Gasteiger partial charge in [0.1, 0.15) is 0 Å². The van der Waals surface area contributed by atoms with Crippen molar-refractivity contribution in [3.8, 4) is 0 Å². The Hall–Kier alpha value is 0.310. The molecule has 0 radical (unpaired) electrons. The van der Waals surface area contributed by atoms with Crippen LogP contribution in [-0.4, -0.2) is 24.6 Å². The molecule has 0 aromatic carbocycles. The van der Waals surface area contributed by atoms with Crippen LogP contribution >= 0.6 is 11.8 Å². The summed E-state index contributed by atoms with van der Waals surface area (Å²) in [6.07, 6.45) is 4.02. The fraction of sp³-hybridized carbons (Fsp3) is 1.00. The summed E-state index contributed by atoms with van der Waals surface area (Å²) in [4.78, 5) is 0. The molecule has 0 fully saturated rings. The van der Waals surface area contributed by atoms with Gasteiger partial charge in [0, 0.05) is 6.54 Å². The zero-order valence-electron chi connectivity index (χ0n) is 11.9. The summed E-state index contributed by atoms with van der Waals surface area (Å²) in [6, 6.07) is 0. The van der Waals surface area contributed by atoms with Crippen molar-refractivity contribution in [3.05, 3.63) is 0 Å². The summed E-state index contributed by atoms with van der Waals surface area (Å²) in [5.41, 5.74) is 0.503. The molecule has 16 heavy (non-hydrogen) atoms. The fourth-order valence-corrected chi connectivity index (χ4v) is 2.44. The lowest BCUT2D eigenvalue weighted by Crippen LogP contribution is -2.33. The number of thioether (sulfide) groups is 1. The van der Waals surface area contributed by atoms with Gasteiger partial charge in [-0.15, -0.1) is 0 Å². The van der Waals surface area contributed by atoms with Gasteiger partial charge in [-0.1, -0.05) is 34.6 Å². The maximum atomic E-state index is 3.61. The summed E-state index contributed by atoms with van der Waals surface area (Å²) < 4.78 is 0. The normalized spacial score (nSPS) is 15.4. The molecule has 1 nitrogen and oxygen atoms in total. The molecule has 1 atom stereocenters. The van der Waals surface area contributed by atoms with E-state index in [2.05, 4.69) is 51.7 Å². The van der Waals surface area contributed by atoms with Crippen molar-refractivity contribution in [2.45, 2.75) is 53.9 Å². The average molecular weight is 245 g/mol. The van der Waals surface area contributed by atoms with Crippen molar-refractivity contribution in [2.24, 2.45) is 11.3 Å². The maximum Gasteiger partial charge on any atom is 0.000517 e. The summed E-state index contributed by atoms with van der Waals surface area (Å²) >= 11 is 2.07. The standard InChI is InChI=1S/C14H31NS/c1-6-14(5,9-8-10-16-7-2)12-15-11-13(3)4/h13,15H,6-12H2,1-5H3. The van der Waals surface area contributed by atoms with Gasteiger partial charge >= 0.3 is 0 Å². The molecule has 98 valence electrons. The molecule has 0 aromatic rings. The van der Waals surface area contributed by atoms with Crippen LogP contribution in [0.3, 0.4) is 0 Å². The van der Waals surface area contributed by atoms with E-state index in [-0.39, 0.29) is 0 Å². The molecule has 0 aliphatic carbocycles. The lowest BCUT2D eigenvalue weighted by molar-refractivity contribution is 0.263. The molecule has 0 aliphatic rings. The highest BCUT2D eigenvalue weighted by Crippen LogP contribution is 2.27. The number of rotatable bonds is 10. The van der Waals surface area contributed by atoms with E-state index in [1.807, 2.05) is 0 Å². The highest BCUT2D eigenvalue weighted by Gasteiger charge is 2.20. The molecule has 1 N–H and O–H groups in total. The molecule has 0 bridgehead atoms. The van der Waals surface area contributed by atoms with Gasteiger partial charge in [-0.25, -0.2) is 0 Å². The number of hydrogen-bond acceptors (Lipinski definition) is 2. The predicted octanol–water partition coefficient (Wildman–Crippen LogP) is 4.18. The van der Waals surface area contributed by atoms with Crippen LogP contribution in [0.15, 0.2) is 0 Å². The fourth-order valence-electron chi connectivity index (χ4n) is 1.80. The van der Waals surface area contributed by atoms with Gasteiger partial charge < -0.3 is 5.32 Å². The van der Waals surface area contributed by atoms with Crippen LogP contribution in [0.5, 0.6) is 0 Å². The molecule has 0 saturated heterocycles. The van der Waals surface area contributed by atoms with Crippen LogP contribution in [0.2, 0.25) is 0 Å². The van der Waals surface area contributed by atoms with E-state index >= 15 is 0 Å². The Morgan fingerprint density at radius 3 is 2.44 bits per heavy atom. The van der Waals surface area contributed by atoms with E-state index in [0.717, 1.165) is 12.5 Å². The lowest BCUT2D eigenvalue weighted by atomic mass is 9.83. The maximum absolute atomic E-state index is 3.61. The third kappa shape index (κ3) is 8.46. The second-order valence-electron chi connectivity index (χ2n) is 5.49. The zero-order chi connectivity index (χ0) is 12.4. The van der Waals surface area contributed by atoms with Crippen molar-refractivity contribution in [3.63, 3.8) is 0 Å². The van der Waals surface area contributed by atoms with Gasteiger partial charge in [0.25, 0.3) is 0 Å². The van der Waals surface area contributed by atoms with E-state index in [9.17, 15) is 0 Å². The molecule has 2 heteroatoms. The third-order valence-electron chi connectivity index (χ3n) is 3.23. The van der Waals surface area contributed by atoms with Gasteiger partial charge in [-0.2, -0.15) is 11.8 Å². The van der Waals surface area contributed by atoms with Gasteiger partial charge in [0.2, 0.25) is 0 Å². The largest absolute Gasteiger partial charge is 0.316 e. The van der Waals surface area contributed by atoms with E-state index in [0.29, 0.717) is 5.41 Å². The monoisotopic (exact) mass is 245 g/mol. The average Bonchev–Trinajstić information content (AvgIpc) is 2.24. The first-order valence-electron chi connectivity index (χ1n) is 6.82. The van der Waals surface area contributed by atoms with Crippen molar-refractivity contribution in [1.82, 2.24) is 5.32 Å². The molecule has 0 rings (SSSR count). The SMILES string of the molecule is CCSCCCC(C)(CC)CNCC(C)C. The Balaban J connectivity index is 3.72. The Kier molecular flexibility index (Phi) is 9.53. The molecular weight excluding hydrogens is 214 g/mol. The van der Waals surface area contributed by atoms with Crippen molar-refractivity contribution >= 4 is 11.8 Å². The van der Waals surface area contributed by atoms with Crippen LogP contribution in [0.4, 0.5) is 0 Å². The summed E-state index contributed by atoms with van der Waals surface area (Å²) in [5, 5.41) is 3.61. The van der Waals surface area contributed by atoms with Crippen LogP contribution in [0.25, 0.3) is 0 Å². The zero-order valence-corrected chi connectivity index (χ0v) is 12.8. The second kappa shape index (κ2) is 9.35. The molecule has 0 aliphatic heterocycles. The minimum Gasteiger partial charge on any atom is -0.316 e. The highest BCUT2D eigenvalue weighted by atomic mass is 32.2. The van der Waals surface area contributed by atoms with Gasteiger partial charge in [0.15, 0.2) is 0 Å². The highest BCUT2D eigenvalue weighted by molar-refractivity contribution is 7.99. The Morgan fingerprint density at radius 2 is 1.94 bits per heavy atom. The smallest absolute Gasteiger partial charge is 0.000517 e. The molecule has 0 aromatic heterocycles. The van der Waals surface area contributed by atoms with Crippen LogP contribution in [0, 0.1) is 11.3 Å². The Labute approximate surface area is 107 Å². The van der Waals surface area contributed by atoms with Crippen LogP contribution in [-0.2, 0) is 0 Å². The molecule has 0 heterocycles. The van der Waals surface area contributed by atoms with Crippen LogP contribution < -0.4 is 5.32 Å². The Bertz CT molecular complexity index is 159. The quantitative estimate of drug-likeness (QED) is 0.579. The minimum atomic E-state index is 0.503. The Morgan fingerprint density at radius 1 is 1.25 bits per heavy atom. The van der Waals surface area contributed by atoms with E-state index < -0.39 is 0 Å². The molecule has 0 saturated carbocycles. The van der Waals surface area contributed by atoms with E-state index in [1.165, 1.54) is 37.3 Å². The number of nitrogens with one attached hydrogen (secondary N) is 1. The first-order valence-corrected chi connectivity index (χ1v) is 7.98. The van der Waals surface area contributed by atoms with Crippen LogP contribution in [0.1, 0.15) is 53.9 Å². The molecule has 1 unspecified atom stereocenters. The van der Waals surface area contributed by atoms with Crippen molar-refractivity contribution in [2.75, 3.05) is 24.6 Å². The lowest BCUT2D eigenvalue weighted by Gasteiger charge is -2.29.